The van der Waals surface area contributed by atoms with Crippen LogP contribution in [-0.2, 0) is 27.1 Å². The molecular formula is C19H19ClN2O5S. The molecule has 0 fully saturated rings. The molecule has 9 heteroatoms. The second kappa shape index (κ2) is 9.16. The van der Waals surface area contributed by atoms with Crippen molar-refractivity contribution in [3.63, 3.8) is 0 Å². The third-order valence-electron chi connectivity index (χ3n) is 4.20. The Morgan fingerprint density at radius 3 is 2.75 bits per heavy atom. The van der Waals surface area contributed by atoms with Crippen LogP contribution in [0.4, 0.5) is 5.00 Å². The largest absolute Gasteiger partial charge is 0.462 e. The van der Waals surface area contributed by atoms with Gasteiger partial charge in [0, 0.05) is 11.1 Å². The summed E-state index contributed by atoms with van der Waals surface area (Å²) >= 11 is 7.12. The summed E-state index contributed by atoms with van der Waals surface area (Å²) in [6.07, 6.45) is 5.08. The Hall–Kier alpha value is -2.45. The lowest BCUT2D eigenvalue weighted by molar-refractivity contribution is -0.119. The molecular weight excluding hydrogens is 404 g/mol. The molecule has 7 nitrogen and oxygen atoms in total. The average molecular weight is 423 g/mol. The highest BCUT2D eigenvalue weighted by atomic mass is 35.5. The standard InChI is InChI=1S/C19H19ClN2O5S/c1-2-26-19(25)16-12-5-3-4-6-13(12)28-17(16)22-15(23)10-27-18(24)11-7-8-21-14(20)9-11/h7-9H,2-6,10H2,1H3,(H,22,23). The number of carbonyl (C=O) groups is 3. The number of nitrogens with one attached hydrogen (secondary N) is 1. The second-order valence-corrected chi connectivity index (χ2v) is 7.62. The molecule has 148 valence electrons. The van der Waals surface area contributed by atoms with Crippen LogP contribution in [0.15, 0.2) is 18.3 Å². The Balaban J connectivity index is 1.69. The molecule has 2 aromatic rings. The molecule has 0 aromatic carbocycles. The third kappa shape index (κ3) is 4.69. The fraction of sp³-hybridized carbons (Fsp3) is 0.368. The van der Waals surface area contributed by atoms with Crippen LogP contribution in [0.3, 0.4) is 0 Å². The molecule has 0 atom stereocenters. The number of halogens is 1. The number of rotatable bonds is 6. The number of amides is 1. The molecule has 3 rings (SSSR count). The van der Waals surface area contributed by atoms with Crippen molar-refractivity contribution >= 4 is 45.8 Å². The zero-order valence-electron chi connectivity index (χ0n) is 15.2. The number of carbonyl (C=O) groups excluding carboxylic acids is 3. The minimum atomic E-state index is -0.685. The van der Waals surface area contributed by atoms with Gasteiger partial charge in [-0.15, -0.1) is 11.3 Å². The SMILES string of the molecule is CCOC(=O)c1c(NC(=O)COC(=O)c2ccnc(Cl)c2)sc2c1CCCC2. The van der Waals surface area contributed by atoms with Gasteiger partial charge in [0.2, 0.25) is 0 Å². The van der Waals surface area contributed by atoms with Gasteiger partial charge < -0.3 is 14.8 Å². The summed E-state index contributed by atoms with van der Waals surface area (Å²) in [5.41, 5.74) is 1.57. The molecule has 1 aliphatic carbocycles. The zero-order chi connectivity index (χ0) is 20.1. The molecule has 0 saturated heterocycles. The van der Waals surface area contributed by atoms with Crippen LogP contribution < -0.4 is 5.32 Å². The average Bonchev–Trinajstić information content (AvgIpc) is 3.04. The highest BCUT2D eigenvalue weighted by molar-refractivity contribution is 7.17. The monoisotopic (exact) mass is 422 g/mol. The Labute approximate surface area is 171 Å². The van der Waals surface area contributed by atoms with Gasteiger partial charge in [0.25, 0.3) is 5.91 Å². The highest BCUT2D eigenvalue weighted by Crippen LogP contribution is 2.38. The lowest BCUT2D eigenvalue weighted by Gasteiger charge is -2.12. The van der Waals surface area contributed by atoms with E-state index in [0.29, 0.717) is 10.6 Å². The van der Waals surface area contributed by atoms with Crippen molar-refractivity contribution in [2.24, 2.45) is 0 Å². The molecule has 0 saturated carbocycles. The van der Waals surface area contributed by atoms with Gasteiger partial charge in [0.05, 0.1) is 17.7 Å². The first-order valence-electron chi connectivity index (χ1n) is 8.89. The normalized spacial score (nSPS) is 12.8. The van der Waals surface area contributed by atoms with Crippen LogP contribution in [0.2, 0.25) is 5.15 Å². The van der Waals surface area contributed by atoms with Crippen molar-refractivity contribution in [1.82, 2.24) is 4.98 Å². The van der Waals surface area contributed by atoms with Gasteiger partial charge >= 0.3 is 11.9 Å². The van der Waals surface area contributed by atoms with Crippen molar-refractivity contribution in [1.29, 1.82) is 0 Å². The van der Waals surface area contributed by atoms with Crippen molar-refractivity contribution in [3.8, 4) is 0 Å². The molecule has 0 bridgehead atoms. The Kier molecular flexibility index (Phi) is 6.64. The topological polar surface area (TPSA) is 94.6 Å². The number of thiophene rings is 1. The van der Waals surface area contributed by atoms with E-state index in [0.717, 1.165) is 36.1 Å². The Morgan fingerprint density at radius 1 is 1.21 bits per heavy atom. The zero-order valence-corrected chi connectivity index (χ0v) is 16.8. The Morgan fingerprint density at radius 2 is 2.00 bits per heavy atom. The number of aromatic nitrogens is 1. The van der Waals surface area contributed by atoms with E-state index in [-0.39, 0.29) is 17.3 Å². The summed E-state index contributed by atoms with van der Waals surface area (Å²) in [4.78, 5) is 41.6. The molecule has 2 heterocycles. The molecule has 0 unspecified atom stereocenters. The number of pyridine rings is 1. The van der Waals surface area contributed by atoms with Crippen LogP contribution in [0.5, 0.6) is 0 Å². The third-order valence-corrected chi connectivity index (χ3v) is 5.61. The van der Waals surface area contributed by atoms with E-state index in [2.05, 4.69) is 10.3 Å². The first-order chi connectivity index (χ1) is 13.5. The predicted octanol–water partition coefficient (Wildman–Crippen LogP) is 3.65. The van der Waals surface area contributed by atoms with Crippen LogP contribution >= 0.6 is 22.9 Å². The molecule has 1 amide bonds. The van der Waals surface area contributed by atoms with E-state index in [1.165, 1.54) is 29.7 Å². The summed E-state index contributed by atoms with van der Waals surface area (Å²) in [7, 11) is 0. The van der Waals surface area contributed by atoms with Gasteiger partial charge in [0.1, 0.15) is 10.2 Å². The van der Waals surface area contributed by atoms with E-state index in [9.17, 15) is 14.4 Å². The molecule has 1 N–H and O–H groups in total. The first-order valence-corrected chi connectivity index (χ1v) is 10.1. The fourth-order valence-electron chi connectivity index (χ4n) is 2.98. The van der Waals surface area contributed by atoms with Gasteiger partial charge in [-0.05, 0) is 50.3 Å². The maximum absolute atomic E-state index is 12.4. The summed E-state index contributed by atoms with van der Waals surface area (Å²) in [6, 6.07) is 2.80. The van der Waals surface area contributed by atoms with Gasteiger partial charge in [0.15, 0.2) is 6.61 Å². The maximum Gasteiger partial charge on any atom is 0.341 e. The number of ether oxygens (including phenoxy) is 2. The number of anilines is 1. The lowest BCUT2D eigenvalue weighted by atomic mass is 9.95. The van der Waals surface area contributed by atoms with E-state index in [1.54, 1.807) is 6.92 Å². The number of fused-ring (bicyclic) bond motifs is 1. The Bertz CT molecular complexity index is 912. The summed E-state index contributed by atoms with van der Waals surface area (Å²) in [5, 5.41) is 3.29. The van der Waals surface area contributed by atoms with Crippen molar-refractivity contribution in [2.75, 3.05) is 18.5 Å². The number of nitrogens with zero attached hydrogens (tertiary/aromatic N) is 1. The van der Waals surface area contributed by atoms with E-state index in [4.69, 9.17) is 21.1 Å². The molecule has 2 aromatic heterocycles. The van der Waals surface area contributed by atoms with Gasteiger partial charge in [-0.1, -0.05) is 11.6 Å². The number of hydrogen-bond acceptors (Lipinski definition) is 7. The minimum Gasteiger partial charge on any atom is -0.462 e. The molecule has 0 spiro atoms. The van der Waals surface area contributed by atoms with Gasteiger partial charge in [-0.3, -0.25) is 4.79 Å². The molecule has 0 radical (unpaired) electrons. The quantitative estimate of drug-likeness (QED) is 0.564. The van der Waals surface area contributed by atoms with Crippen LogP contribution in [0.25, 0.3) is 0 Å². The lowest BCUT2D eigenvalue weighted by Crippen LogP contribution is -2.22. The second-order valence-electron chi connectivity index (χ2n) is 6.13. The minimum absolute atomic E-state index is 0.155. The van der Waals surface area contributed by atoms with E-state index in [1.807, 2.05) is 0 Å². The van der Waals surface area contributed by atoms with Crippen molar-refractivity contribution < 1.29 is 23.9 Å². The number of esters is 2. The first kappa shape index (κ1) is 20.3. The van der Waals surface area contributed by atoms with Crippen molar-refractivity contribution in [3.05, 3.63) is 45.1 Å². The smallest absolute Gasteiger partial charge is 0.341 e. The van der Waals surface area contributed by atoms with Crippen LogP contribution in [-0.4, -0.2) is 36.0 Å². The molecule has 28 heavy (non-hydrogen) atoms. The molecule has 0 aliphatic heterocycles. The summed E-state index contributed by atoms with van der Waals surface area (Å²) in [5.74, 6) is -1.66. The number of hydrogen-bond donors (Lipinski definition) is 1. The summed E-state index contributed by atoms with van der Waals surface area (Å²) in [6.45, 7) is 1.51. The number of aryl methyl sites for hydroxylation is 1. The summed E-state index contributed by atoms with van der Waals surface area (Å²) < 4.78 is 10.2. The van der Waals surface area contributed by atoms with Crippen LogP contribution in [0, 0.1) is 0 Å². The van der Waals surface area contributed by atoms with E-state index >= 15 is 0 Å². The van der Waals surface area contributed by atoms with Crippen molar-refractivity contribution in [2.45, 2.75) is 32.6 Å². The highest BCUT2D eigenvalue weighted by Gasteiger charge is 2.27. The predicted molar refractivity (Wildman–Crippen MR) is 105 cm³/mol. The fourth-order valence-corrected chi connectivity index (χ4v) is 4.45. The maximum atomic E-state index is 12.4. The van der Waals surface area contributed by atoms with Crippen LogP contribution in [0.1, 0.15) is 50.9 Å². The van der Waals surface area contributed by atoms with Gasteiger partial charge in [-0.25, -0.2) is 14.6 Å². The van der Waals surface area contributed by atoms with Gasteiger partial charge in [-0.2, -0.15) is 0 Å². The van der Waals surface area contributed by atoms with E-state index < -0.39 is 24.5 Å². The molecule has 1 aliphatic rings.